The maximum Gasteiger partial charge on any atom is 0.271 e. The quantitative estimate of drug-likeness (QED) is 0.584. The Morgan fingerprint density at radius 3 is 2.70 bits per heavy atom. The number of nitrogens with zero attached hydrogens (tertiary/aromatic N) is 5. The number of hydrogen-bond acceptors (Lipinski definition) is 8. The number of nitro benzene ring substituents is 1. The number of anilines is 3. The van der Waals surface area contributed by atoms with E-state index in [0.717, 1.165) is 6.54 Å². The molecule has 0 fully saturated rings. The maximum absolute atomic E-state index is 10.8. The number of likely N-dealkylation sites (N-methyl/N-ethyl adjacent to an activating group) is 1. The Bertz CT molecular complexity index is 696. The van der Waals surface area contributed by atoms with E-state index in [4.69, 9.17) is 11.6 Å². The van der Waals surface area contributed by atoms with E-state index < -0.39 is 4.92 Å². The fourth-order valence-electron chi connectivity index (χ4n) is 1.70. The Hall–Kier alpha value is -2.52. The Labute approximate surface area is 137 Å². The van der Waals surface area contributed by atoms with Crippen LogP contribution in [0.5, 0.6) is 0 Å². The average molecular weight is 338 g/mol. The fourth-order valence-corrected chi connectivity index (χ4v) is 1.86. The minimum Gasteiger partial charge on any atom is -0.353 e. The molecule has 0 amide bonds. The molecule has 122 valence electrons. The van der Waals surface area contributed by atoms with Crippen molar-refractivity contribution in [3.63, 3.8) is 0 Å². The minimum absolute atomic E-state index is 0.0280. The number of nitro groups is 1. The molecule has 0 bridgehead atoms. The van der Waals surface area contributed by atoms with Crippen molar-refractivity contribution in [3.8, 4) is 0 Å². The van der Waals surface area contributed by atoms with E-state index in [1.165, 1.54) is 12.1 Å². The third-order valence-corrected chi connectivity index (χ3v) is 2.93. The highest BCUT2D eigenvalue weighted by Gasteiger charge is 2.09. The molecule has 2 N–H and O–H groups in total. The van der Waals surface area contributed by atoms with Crippen LogP contribution in [-0.2, 0) is 0 Å². The SMILES string of the molecule is CN(C)CCNc1nc(Cl)nc(Nc2cccc([N+](=O)[O-])c2)n1. The van der Waals surface area contributed by atoms with Crippen LogP contribution in [0, 0.1) is 10.1 Å². The average Bonchev–Trinajstić information content (AvgIpc) is 2.46. The molecule has 1 aromatic carbocycles. The highest BCUT2D eigenvalue weighted by molar-refractivity contribution is 6.28. The number of benzene rings is 1. The lowest BCUT2D eigenvalue weighted by molar-refractivity contribution is -0.384. The predicted octanol–water partition coefficient (Wildman–Crippen LogP) is 2.15. The van der Waals surface area contributed by atoms with Crippen molar-refractivity contribution >= 4 is 34.9 Å². The second-order valence-electron chi connectivity index (χ2n) is 4.91. The molecule has 10 heteroatoms. The summed E-state index contributed by atoms with van der Waals surface area (Å²) < 4.78 is 0. The number of aromatic nitrogens is 3. The van der Waals surface area contributed by atoms with Crippen LogP contribution in [0.25, 0.3) is 0 Å². The van der Waals surface area contributed by atoms with E-state index in [2.05, 4.69) is 25.6 Å². The lowest BCUT2D eigenvalue weighted by Gasteiger charge is -2.11. The summed E-state index contributed by atoms with van der Waals surface area (Å²) in [6, 6.07) is 6.03. The Morgan fingerprint density at radius 2 is 2.00 bits per heavy atom. The van der Waals surface area contributed by atoms with Gasteiger partial charge >= 0.3 is 0 Å². The first-order valence-corrected chi connectivity index (χ1v) is 7.13. The first kappa shape index (κ1) is 16.8. The summed E-state index contributed by atoms with van der Waals surface area (Å²) >= 11 is 5.88. The number of non-ortho nitro benzene ring substituents is 1. The molecule has 0 saturated carbocycles. The molecule has 0 aliphatic rings. The molecule has 1 aromatic heterocycles. The number of halogens is 1. The predicted molar refractivity (Wildman–Crippen MR) is 88.3 cm³/mol. The molecule has 0 atom stereocenters. The first-order valence-electron chi connectivity index (χ1n) is 6.75. The van der Waals surface area contributed by atoms with Crippen LogP contribution in [0.4, 0.5) is 23.3 Å². The van der Waals surface area contributed by atoms with Crippen LogP contribution >= 0.6 is 11.6 Å². The van der Waals surface area contributed by atoms with Crippen LogP contribution in [0.3, 0.4) is 0 Å². The molecular formula is C13H16ClN7O2. The topological polar surface area (TPSA) is 109 Å². The summed E-state index contributed by atoms with van der Waals surface area (Å²) in [7, 11) is 3.91. The van der Waals surface area contributed by atoms with E-state index in [1.807, 2.05) is 19.0 Å². The second-order valence-corrected chi connectivity index (χ2v) is 5.25. The molecule has 0 saturated heterocycles. The molecule has 0 unspecified atom stereocenters. The zero-order valence-electron chi connectivity index (χ0n) is 12.7. The summed E-state index contributed by atoms with van der Waals surface area (Å²) in [6.07, 6.45) is 0. The van der Waals surface area contributed by atoms with Gasteiger partial charge in [0.2, 0.25) is 17.2 Å². The minimum atomic E-state index is -0.472. The van der Waals surface area contributed by atoms with Crippen molar-refractivity contribution in [2.24, 2.45) is 0 Å². The molecule has 0 spiro atoms. The van der Waals surface area contributed by atoms with Gasteiger partial charge in [0.25, 0.3) is 5.69 Å². The lowest BCUT2D eigenvalue weighted by Crippen LogP contribution is -2.21. The Morgan fingerprint density at radius 1 is 1.26 bits per heavy atom. The molecule has 9 nitrogen and oxygen atoms in total. The van der Waals surface area contributed by atoms with Crippen LogP contribution in [0.15, 0.2) is 24.3 Å². The van der Waals surface area contributed by atoms with Gasteiger partial charge in [-0.15, -0.1) is 0 Å². The summed E-state index contributed by atoms with van der Waals surface area (Å²) in [5.41, 5.74) is 0.459. The Kier molecular flexibility index (Phi) is 5.61. The molecule has 2 rings (SSSR count). The molecule has 23 heavy (non-hydrogen) atoms. The van der Waals surface area contributed by atoms with Crippen molar-refractivity contribution in [3.05, 3.63) is 39.7 Å². The van der Waals surface area contributed by atoms with Gasteiger partial charge in [-0.3, -0.25) is 10.1 Å². The molecule has 0 aliphatic heterocycles. The highest BCUT2D eigenvalue weighted by Crippen LogP contribution is 2.20. The van der Waals surface area contributed by atoms with Crippen molar-refractivity contribution in [1.29, 1.82) is 0 Å². The normalized spacial score (nSPS) is 10.6. The van der Waals surface area contributed by atoms with Crippen molar-refractivity contribution in [2.75, 3.05) is 37.8 Å². The van der Waals surface area contributed by atoms with Crippen LogP contribution < -0.4 is 10.6 Å². The van der Waals surface area contributed by atoms with Crippen molar-refractivity contribution < 1.29 is 4.92 Å². The van der Waals surface area contributed by atoms with E-state index in [-0.39, 0.29) is 16.9 Å². The van der Waals surface area contributed by atoms with Gasteiger partial charge in [-0.25, -0.2) is 0 Å². The van der Waals surface area contributed by atoms with Crippen molar-refractivity contribution in [1.82, 2.24) is 19.9 Å². The molecule has 0 aliphatic carbocycles. The first-order chi connectivity index (χ1) is 10.9. The summed E-state index contributed by atoms with van der Waals surface area (Å²) in [5, 5.41) is 16.7. The molecule has 2 aromatic rings. The van der Waals surface area contributed by atoms with Gasteiger partial charge in [-0.2, -0.15) is 15.0 Å². The summed E-state index contributed by atoms with van der Waals surface area (Å²) in [6.45, 7) is 1.44. The van der Waals surface area contributed by atoms with Gasteiger partial charge in [-0.05, 0) is 31.8 Å². The smallest absolute Gasteiger partial charge is 0.271 e. The summed E-state index contributed by atoms with van der Waals surface area (Å²) in [5.74, 6) is 0.539. The number of rotatable bonds is 7. The van der Waals surface area contributed by atoms with E-state index in [9.17, 15) is 10.1 Å². The zero-order chi connectivity index (χ0) is 16.8. The van der Waals surface area contributed by atoms with Crippen LogP contribution in [-0.4, -0.2) is 52.0 Å². The van der Waals surface area contributed by atoms with E-state index in [0.29, 0.717) is 18.2 Å². The number of nitrogens with one attached hydrogen (secondary N) is 2. The third kappa shape index (κ3) is 5.31. The largest absolute Gasteiger partial charge is 0.353 e. The van der Waals surface area contributed by atoms with Gasteiger partial charge in [0, 0.05) is 30.9 Å². The standard InChI is InChI=1S/C13H16ClN7O2/c1-20(2)7-6-15-12-17-11(14)18-13(19-12)16-9-4-3-5-10(8-9)21(22)23/h3-5,8H,6-7H2,1-2H3,(H2,15,16,17,18,19). The monoisotopic (exact) mass is 337 g/mol. The van der Waals surface area contributed by atoms with E-state index >= 15 is 0 Å². The van der Waals surface area contributed by atoms with Gasteiger partial charge < -0.3 is 15.5 Å². The highest BCUT2D eigenvalue weighted by atomic mass is 35.5. The maximum atomic E-state index is 10.8. The van der Waals surface area contributed by atoms with Crippen molar-refractivity contribution in [2.45, 2.75) is 0 Å². The summed E-state index contributed by atoms with van der Waals surface area (Å²) in [4.78, 5) is 24.5. The van der Waals surface area contributed by atoms with Gasteiger partial charge in [0.15, 0.2) is 0 Å². The van der Waals surface area contributed by atoms with Gasteiger partial charge in [0.1, 0.15) is 0 Å². The fraction of sp³-hybridized carbons (Fsp3) is 0.308. The molecule has 1 heterocycles. The zero-order valence-corrected chi connectivity index (χ0v) is 13.4. The second kappa shape index (κ2) is 7.65. The van der Waals surface area contributed by atoms with Gasteiger partial charge in [-0.1, -0.05) is 6.07 Å². The Balaban J connectivity index is 2.12. The number of hydrogen-bond donors (Lipinski definition) is 2. The molecule has 0 radical (unpaired) electrons. The van der Waals surface area contributed by atoms with Crippen LogP contribution in [0.2, 0.25) is 5.28 Å². The van der Waals surface area contributed by atoms with E-state index in [1.54, 1.807) is 12.1 Å². The molecular weight excluding hydrogens is 322 g/mol. The lowest BCUT2D eigenvalue weighted by atomic mass is 10.3. The van der Waals surface area contributed by atoms with Gasteiger partial charge in [0.05, 0.1) is 4.92 Å². The van der Waals surface area contributed by atoms with Crippen LogP contribution in [0.1, 0.15) is 0 Å². The third-order valence-electron chi connectivity index (χ3n) is 2.76.